The minimum absolute atomic E-state index is 0.00915. The monoisotopic (exact) mass is 447 g/mol. The number of aromatic nitrogens is 4. The third-order valence-corrected chi connectivity index (χ3v) is 7.28. The van der Waals surface area contributed by atoms with Crippen LogP contribution in [-0.4, -0.2) is 76.6 Å². The molecule has 2 fully saturated rings. The second kappa shape index (κ2) is 7.98. The summed E-state index contributed by atoms with van der Waals surface area (Å²) in [5, 5.41) is 8.84. The molecule has 2 amide bonds. The van der Waals surface area contributed by atoms with Gasteiger partial charge in [-0.05, 0) is 31.9 Å². The molecule has 1 atom stereocenters. The van der Waals surface area contributed by atoms with Gasteiger partial charge in [0.2, 0.25) is 0 Å². The molecule has 3 aliphatic heterocycles. The largest absolute Gasteiger partial charge is 0.378 e. The summed E-state index contributed by atoms with van der Waals surface area (Å²) in [5.74, 6) is 0.951. The molecule has 9 nitrogen and oxygen atoms in total. The molecule has 1 N–H and O–H groups in total. The lowest BCUT2D eigenvalue weighted by molar-refractivity contribution is 0.122. The van der Waals surface area contributed by atoms with Gasteiger partial charge in [0.15, 0.2) is 0 Å². The van der Waals surface area contributed by atoms with E-state index in [1.807, 2.05) is 24.2 Å². The van der Waals surface area contributed by atoms with Crippen molar-refractivity contribution in [1.82, 2.24) is 30.0 Å². The summed E-state index contributed by atoms with van der Waals surface area (Å²) < 4.78 is 7.57. The number of anilines is 1. The lowest BCUT2D eigenvalue weighted by atomic mass is 9.82. The highest BCUT2D eigenvalue weighted by molar-refractivity contribution is 5.84. The van der Waals surface area contributed by atoms with Crippen molar-refractivity contribution in [2.45, 2.75) is 31.7 Å². The molecule has 3 aromatic rings. The van der Waals surface area contributed by atoms with Crippen LogP contribution in [0.15, 0.2) is 30.6 Å². The summed E-state index contributed by atoms with van der Waals surface area (Å²) in [6.07, 6.45) is 5.84. The smallest absolute Gasteiger partial charge is 0.317 e. The topological polar surface area (TPSA) is 88.4 Å². The number of pyridine rings is 2. The summed E-state index contributed by atoms with van der Waals surface area (Å²) in [6, 6.07) is 6.42. The zero-order chi connectivity index (χ0) is 22.4. The van der Waals surface area contributed by atoms with E-state index in [0.29, 0.717) is 6.54 Å². The van der Waals surface area contributed by atoms with Crippen LogP contribution in [0, 0.1) is 0 Å². The van der Waals surface area contributed by atoms with E-state index < -0.39 is 0 Å². The van der Waals surface area contributed by atoms with Gasteiger partial charge in [0, 0.05) is 79.8 Å². The number of carbonyl (C=O) groups excluding carboxylic acids is 1. The predicted octanol–water partition coefficient (Wildman–Crippen LogP) is 2.41. The molecule has 0 radical (unpaired) electrons. The Bertz CT molecular complexity index is 1200. The molecule has 9 heteroatoms. The van der Waals surface area contributed by atoms with E-state index >= 15 is 0 Å². The second-order valence-electron chi connectivity index (χ2n) is 9.23. The summed E-state index contributed by atoms with van der Waals surface area (Å²) in [4.78, 5) is 25.9. The molecule has 1 spiro atoms. The lowest BCUT2D eigenvalue weighted by Gasteiger charge is -2.27. The maximum Gasteiger partial charge on any atom is 0.317 e. The number of carbonyl (C=O) groups is 1. The van der Waals surface area contributed by atoms with Gasteiger partial charge in [0.25, 0.3) is 0 Å². The standard InChI is InChI=1S/C24H29N7O2/c1-2-25-23(32)30-5-3-24(16-30)4-6-31-21(24)12-20(28-31)18-11-17-15-27-22(13-19(17)26-14-18)29-7-9-33-10-8-29/h11-15H,2-10,16H2,1H3,(H,25,32). The summed E-state index contributed by atoms with van der Waals surface area (Å²) in [7, 11) is 0. The Balaban J connectivity index is 1.26. The van der Waals surface area contributed by atoms with Crippen LogP contribution in [0.4, 0.5) is 10.6 Å². The van der Waals surface area contributed by atoms with Crippen molar-refractivity contribution in [2.24, 2.45) is 0 Å². The van der Waals surface area contributed by atoms with Gasteiger partial charge in [0.05, 0.1) is 24.4 Å². The van der Waals surface area contributed by atoms with Crippen molar-refractivity contribution in [3.8, 4) is 11.3 Å². The molecular weight excluding hydrogens is 418 g/mol. The maximum atomic E-state index is 12.3. The number of likely N-dealkylation sites (tertiary alicyclic amines) is 1. The van der Waals surface area contributed by atoms with Crippen LogP contribution in [0.25, 0.3) is 22.2 Å². The lowest BCUT2D eigenvalue weighted by Crippen LogP contribution is -2.40. The average molecular weight is 448 g/mol. The van der Waals surface area contributed by atoms with E-state index in [9.17, 15) is 4.79 Å². The van der Waals surface area contributed by atoms with Crippen molar-refractivity contribution in [2.75, 3.05) is 50.8 Å². The molecule has 33 heavy (non-hydrogen) atoms. The first-order valence-electron chi connectivity index (χ1n) is 11.9. The predicted molar refractivity (Wildman–Crippen MR) is 125 cm³/mol. The molecule has 3 aliphatic rings. The first kappa shape index (κ1) is 20.4. The van der Waals surface area contributed by atoms with E-state index in [-0.39, 0.29) is 11.4 Å². The fourth-order valence-corrected chi connectivity index (χ4v) is 5.44. The van der Waals surface area contributed by atoms with Crippen LogP contribution in [0.2, 0.25) is 0 Å². The maximum absolute atomic E-state index is 12.3. The third-order valence-electron chi connectivity index (χ3n) is 7.28. The van der Waals surface area contributed by atoms with E-state index in [2.05, 4.69) is 38.1 Å². The zero-order valence-corrected chi connectivity index (χ0v) is 19.0. The quantitative estimate of drug-likeness (QED) is 0.663. The van der Waals surface area contributed by atoms with Crippen molar-refractivity contribution in [1.29, 1.82) is 0 Å². The van der Waals surface area contributed by atoms with Gasteiger partial charge < -0.3 is 19.9 Å². The Kier molecular flexibility index (Phi) is 4.94. The number of nitrogens with zero attached hydrogens (tertiary/aromatic N) is 6. The van der Waals surface area contributed by atoms with E-state index in [1.54, 1.807) is 0 Å². The molecule has 0 aliphatic carbocycles. The zero-order valence-electron chi connectivity index (χ0n) is 19.0. The summed E-state index contributed by atoms with van der Waals surface area (Å²) >= 11 is 0. The van der Waals surface area contributed by atoms with Crippen LogP contribution in [-0.2, 0) is 16.7 Å². The molecule has 2 saturated heterocycles. The number of fused-ring (bicyclic) bond motifs is 3. The average Bonchev–Trinajstić information content (AvgIpc) is 3.56. The number of urea groups is 1. The van der Waals surface area contributed by atoms with Crippen LogP contribution in [0.5, 0.6) is 0 Å². The molecule has 0 aromatic carbocycles. The number of rotatable bonds is 3. The van der Waals surface area contributed by atoms with E-state index in [4.69, 9.17) is 14.8 Å². The van der Waals surface area contributed by atoms with E-state index in [0.717, 1.165) is 86.8 Å². The number of morpholine rings is 1. The summed E-state index contributed by atoms with van der Waals surface area (Å²) in [5.41, 5.74) is 4.12. The number of hydrogen-bond donors (Lipinski definition) is 1. The van der Waals surface area contributed by atoms with Gasteiger partial charge in [-0.15, -0.1) is 0 Å². The molecule has 6 heterocycles. The van der Waals surface area contributed by atoms with Crippen LogP contribution in [0.1, 0.15) is 25.5 Å². The van der Waals surface area contributed by atoms with Crippen molar-refractivity contribution >= 4 is 22.8 Å². The summed E-state index contributed by atoms with van der Waals surface area (Å²) in [6.45, 7) is 8.24. The molecule has 3 aromatic heterocycles. The second-order valence-corrected chi connectivity index (χ2v) is 9.23. The number of hydrogen-bond acceptors (Lipinski definition) is 6. The van der Waals surface area contributed by atoms with Gasteiger partial charge in [-0.3, -0.25) is 9.67 Å². The SMILES string of the molecule is CCNC(=O)N1CCC2(CCn3nc(-c4cnc5cc(N6CCOCC6)ncc5c4)cc32)C1. The number of aryl methyl sites for hydroxylation is 1. The van der Waals surface area contributed by atoms with Crippen molar-refractivity contribution in [3.05, 3.63) is 36.3 Å². The Hall–Kier alpha value is -3.20. The minimum Gasteiger partial charge on any atom is -0.378 e. The molecule has 0 saturated carbocycles. The normalized spacial score (nSPS) is 22.3. The van der Waals surface area contributed by atoms with Crippen molar-refractivity contribution < 1.29 is 9.53 Å². The fourth-order valence-electron chi connectivity index (χ4n) is 5.44. The minimum atomic E-state index is 0.00915. The first-order valence-corrected chi connectivity index (χ1v) is 11.9. The fraction of sp³-hybridized carbons (Fsp3) is 0.500. The van der Waals surface area contributed by atoms with Gasteiger partial charge in [-0.1, -0.05) is 0 Å². The number of nitrogens with one attached hydrogen (secondary N) is 1. The molecule has 1 unspecified atom stereocenters. The van der Waals surface area contributed by atoms with Gasteiger partial charge in [-0.2, -0.15) is 5.10 Å². The van der Waals surface area contributed by atoms with Gasteiger partial charge in [0.1, 0.15) is 5.82 Å². The molecule has 172 valence electrons. The molecular formula is C24H29N7O2. The Morgan fingerprint density at radius 3 is 2.79 bits per heavy atom. The first-order chi connectivity index (χ1) is 16.1. The molecule has 6 rings (SSSR count). The number of ether oxygens (including phenoxy) is 1. The van der Waals surface area contributed by atoms with Gasteiger partial charge >= 0.3 is 6.03 Å². The van der Waals surface area contributed by atoms with Crippen LogP contribution >= 0.6 is 0 Å². The van der Waals surface area contributed by atoms with Crippen molar-refractivity contribution in [3.63, 3.8) is 0 Å². The van der Waals surface area contributed by atoms with E-state index in [1.165, 1.54) is 5.69 Å². The highest BCUT2D eigenvalue weighted by Gasteiger charge is 2.46. The van der Waals surface area contributed by atoms with Crippen LogP contribution in [0.3, 0.4) is 0 Å². The Labute approximate surface area is 192 Å². The third kappa shape index (κ3) is 3.51. The number of amides is 2. The highest BCUT2D eigenvalue weighted by atomic mass is 16.5. The van der Waals surface area contributed by atoms with Crippen LogP contribution < -0.4 is 10.2 Å². The van der Waals surface area contributed by atoms with Gasteiger partial charge in [-0.25, -0.2) is 9.78 Å². The Morgan fingerprint density at radius 1 is 1.09 bits per heavy atom. The molecule has 0 bridgehead atoms. The highest BCUT2D eigenvalue weighted by Crippen LogP contribution is 2.43. The Morgan fingerprint density at radius 2 is 1.94 bits per heavy atom.